The Bertz CT molecular complexity index is 1040. The standard InChI is InChI=1S/C23H29F3N4O4/c1-33-14-18(31)13-29-9-7-16(8-10-29)28-20-5-2-6-21-19(20)12-17(4-3-11-34-22(27)32)30(21)15-23(24,25)26/h2,5-6,12,16,18,28,31H,7-11,13-15H2,1H3,(H2,27,32). The van der Waals surface area contributed by atoms with Crippen molar-refractivity contribution in [2.24, 2.45) is 5.73 Å². The number of methoxy groups -OCH3 is 1. The van der Waals surface area contributed by atoms with E-state index in [-0.39, 0.29) is 24.9 Å². The van der Waals surface area contributed by atoms with E-state index in [4.69, 9.17) is 10.5 Å². The second-order valence-corrected chi connectivity index (χ2v) is 8.21. The van der Waals surface area contributed by atoms with E-state index in [0.717, 1.165) is 36.2 Å². The van der Waals surface area contributed by atoms with Gasteiger partial charge in [-0.3, -0.25) is 0 Å². The van der Waals surface area contributed by atoms with Crippen LogP contribution in [0.4, 0.5) is 23.7 Å². The summed E-state index contributed by atoms with van der Waals surface area (Å²) in [5, 5.41) is 14.0. The van der Waals surface area contributed by atoms with Crippen LogP contribution in [0.5, 0.6) is 0 Å². The van der Waals surface area contributed by atoms with E-state index in [1.54, 1.807) is 25.3 Å². The first-order valence-electron chi connectivity index (χ1n) is 10.9. The lowest BCUT2D eigenvalue weighted by molar-refractivity contribution is -0.140. The number of anilines is 1. The molecule has 1 aromatic heterocycles. The van der Waals surface area contributed by atoms with Gasteiger partial charge in [0.15, 0.2) is 6.61 Å². The Hall–Kier alpha value is -2.94. The number of aliphatic hydroxyl groups is 1. The van der Waals surface area contributed by atoms with E-state index in [2.05, 4.69) is 26.8 Å². The van der Waals surface area contributed by atoms with Gasteiger partial charge in [-0.25, -0.2) is 4.79 Å². The highest BCUT2D eigenvalue weighted by Gasteiger charge is 2.30. The normalized spacial score (nSPS) is 16.1. The molecule has 2 aromatic rings. The van der Waals surface area contributed by atoms with Crippen LogP contribution in [0.1, 0.15) is 18.5 Å². The van der Waals surface area contributed by atoms with Gasteiger partial charge in [0.05, 0.1) is 23.9 Å². The van der Waals surface area contributed by atoms with Crippen molar-refractivity contribution in [1.29, 1.82) is 0 Å². The highest BCUT2D eigenvalue weighted by molar-refractivity contribution is 5.94. The zero-order chi connectivity index (χ0) is 24.7. The Kier molecular flexibility index (Phi) is 8.66. The molecule has 3 rings (SSSR count). The number of piperidine rings is 1. The minimum absolute atomic E-state index is 0.144. The van der Waals surface area contributed by atoms with Gasteiger partial charge >= 0.3 is 12.3 Å². The molecule has 0 bridgehead atoms. The third-order valence-corrected chi connectivity index (χ3v) is 5.56. The Labute approximate surface area is 195 Å². The first-order chi connectivity index (χ1) is 16.2. The molecule has 1 atom stereocenters. The fraction of sp³-hybridized carbons (Fsp3) is 0.522. The van der Waals surface area contributed by atoms with E-state index in [1.807, 2.05) is 6.07 Å². The number of carbonyl (C=O) groups is 1. The van der Waals surface area contributed by atoms with Crippen molar-refractivity contribution in [1.82, 2.24) is 9.47 Å². The fourth-order valence-corrected chi connectivity index (χ4v) is 4.12. The van der Waals surface area contributed by atoms with Gasteiger partial charge in [-0.05, 0) is 37.0 Å². The number of nitrogens with zero attached hydrogens (tertiary/aromatic N) is 2. The molecule has 8 nitrogen and oxygen atoms in total. The molecular formula is C23H29F3N4O4. The van der Waals surface area contributed by atoms with E-state index in [9.17, 15) is 23.1 Å². The third-order valence-electron chi connectivity index (χ3n) is 5.56. The fourth-order valence-electron chi connectivity index (χ4n) is 4.12. The molecule has 1 saturated heterocycles. The minimum Gasteiger partial charge on any atom is -0.437 e. The number of halogens is 3. The zero-order valence-corrected chi connectivity index (χ0v) is 18.9. The molecular weight excluding hydrogens is 453 g/mol. The van der Waals surface area contributed by atoms with Crippen molar-refractivity contribution < 1.29 is 32.5 Å². The lowest BCUT2D eigenvalue weighted by Gasteiger charge is -2.34. The maximum atomic E-state index is 13.3. The van der Waals surface area contributed by atoms with E-state index < -0.39 is 24.9 Å². The number of β-amino-alcohol motifs (C(OH)–C–C–N with tert-alkyl or cyclic N) is 1. The molecule has 34 heavy (non-hydrogen) atoms. The number of amides is 1. The van der Waals surface area contributed by atoms with Gasteiger partial charge in [-0.2, -0.15) is 13.2 Å². The predicted octanol–water partition coefficient (Wildman–Crippen LogP) is 2.53. The molecule has 1 unspecified atom stereocenters. The third kappa shape index (κ3) is 7.28. The highest BCUT2D eigenvalue weighted by atomic mass is 19.4. The van der Waals surface area contributed by atoms with Gasteiger partial charge < -0.3 is 35.1 Å². The summed E-state index contributed by atoms with van der Waals surface area (Å²) in [6, 6.07) is 6.92. The summed E-state index contributed by atoms with van der Waals surface area (Å²) in [4.78, 5) is 12.9. The van der Waals surface area contributed by atoms with Gasteiger partial charge in [0.2, 0.25) is 0 Å². The summed E-state index contributed by atoms with van der Waals surface area (Å²) < 4.78 is 50.4. The minimum atomic E-state index is -4.43. The van der Waals surface area contributed by atoms with E-state index in [0.29, 0.717) is 17.4 Å². The molecule has 0 aliphatic carbocycles. The number of alkyl halides is 3. The lowest BCUT2D eigenvalue weighted by atomic mass is 10.0. The number of fused-ring (bicyclic) bond motifs is 1. The summed E-state index contributed by atoms with van der Waals surface area (Å²) >= 11 is 0. The summed E-state index contributed by atoms with van der Waals surface area (Å²) in [5.74, 6) is 5.19. The average molecular weight is 483 g/mol. The predicted molar refractivity (Wildman–Crippen MR) is 121 cm³/mol. The number of nitrogens with one attached hydrogen (secondary N) is 1. The van der Waals surface area contributed by atoms with E-state index in [1.165, 1.54) is 0 Å². The molecule has 1 aromatic carbocycles. The van der Waals surface area contributed by atoms with Crippen molar-refractivity contribution in [3.63, 3.8) is 0 Å². The molecule has 1 aliphatic rings. The molecule has 4 N–H and O–H groups in total. The number of ether oxygens (including phenoxy) is 2. The summed E-state index contributed by atoms with van der Waals surface area (Å²) in [6.45, 7) is 0.904. The Balaban J connectivity index is 1.77. The summed E-state index contributed by atoms with van der Waals surface area (Å²) in [6.07, 6.45) is -4.32. The largest absolute Gasteiger partial charge is 0.437 e. The lowest BCUT2D eigenvalue weighted by Crippen LogP contribution is -2.43. The number of carbonyl (C=O) groups excluding carboxylic acids is 1. The van der Waals surface area contributed by atoms with Crippen LogP contribution in [-0.4, -0.2) is 78.9 Å². The topological polar surface area (TPSA) is 102 Å². The second kappa shape index (κ2) is 11.5. The number of aromatic nitrogens is 1. The number of primary amides is 1. The van der Waals surface area contributed by atoms with Crippen molar-refractivity contribution in [2.45, 2.75) is 37.7 Å². The number of likely N-dealkylation sites (tertiary alicyclic amines) is 1. The zero-order valence-electron chi connectivity index (χ0n) is 18.9. The van der Waals surface area contributed by atoms with Crippen LogP contribution < -0.4 is 11.1 Å². The molecule has 2 heterocycles. The number of aliphatic hydroxyl groups excluding tert-OH is 1. The van der Waals surface area contributed by atoms with Crippen LogP contribution in [0.15, 0.2) is 24.3 Å². The second-order valence-electron chi connectivity index (χ2n) is 8.21. The molecule has 11 heteroatoms. The van der Waals surface area contributed by atoms with Crippen LogP contribution in [0.3, 0.4) is 0 Å². The van der Waals surface area contributed by atoms with Crippen LogP contribution in [0.25, 0.3) is 10.9 Å². The SMILES string of the molecule is COCC(O)CN1CCC(Nc2cccc3c2cc(C#CCOC(N)=O)n3CC(F)(F)F)CC1. The molecule has 1 aliphatic heterocycles. The number of hydrogen-bond acceptors (Lipinski definition) is 6. The molecule has 1 fully saturated rings. The Morgan fingerprint density at radius 2 is 2.09 bits per heavy atom. The molecule has 186 valence electrons. The maximum absolute atomic E-state index is 13.3. The maximum Gasteiger partial charge on any atom is 0.406 e. The molecule has 1 amide bonds. The Morgan fingerprint density at radius 1 is 1.35 bits per heavy atom. The van der Waals surface area contributed by atoms with Crippen molar-refractivity contribution in [3.05, 3.63) is 30.0 Å². The highest BCUT2D eigenvalue weighted by Crippen LogP contribution is 2.31. The van der Waals surface area contributed by atoms with Crippen LogP contribution in [-0.2, 0) is 16.0 Å². The summed E-state index contributed by atoms with van der Waals surface area (Å²) in [7, 11) is 1.55. The van der Waals surface area contributed by atoms with Crippen molar-refractivity contribution >= 4 is 22.7 Å². The summed E-state index contributed by atoms with van der Waals surface area (Å²) in [5.41, 5.74) is 6.19. The first-order valence-corrected chi connectivity index (χ1v) is 10.9. The van der Waals surface area contributed by atoms with Crippen LogP contribution in [0.2, 0.25) is 0 Å². The van der Waals surface area contributed by atoms with Gasteiger partial charge in [0.25, 0.3) is 0 Å². The molecule has 0 saturated carbocycles. The van der Waals surface area contributed by atoms with Crippen molar-refractivity contribution in [3.8, 4) is 11.8 Å². The van der Waals surface area contributed by atoms with Gasteiger partial charge in [0.1, 0.15) is 6.54 Å². The van der Waals surface area contributed by atoms with Gasteiger partial charge in [-0.1, -0.05) is 12.0 Å². The first kappa shape index (κ1) is 25.7. The van der Waals surface area contributed by atoms with Crippen LogP contribution in [0, 0.1) is 11.8 Å². The van der Waals surface area contributed by atoms with E-state index >= 15 is 0 Å². The van der Waals surface area contributed by atoms with Gasteiger partial charge in [-0.15, -0.1) is 0 Å². The number of hydrogen-bond donors (Lipinski definition) is 3. The number of nitrogens with two attached hydrogens (primary N) is 1. The van der Waals surface area contributed by atoms with Gasteiger partial charge in [0, 0.05) is 43.9 Å². The van der Waals surface area contributed by atoms with Crippen LogP contribution >= 0.6 is 0 Å². The monoisotopic (exact) mass is 482 g/mol. The quantitative estimate of drug-likeness (QED) is 0.500. The number of benzene rings is 1. The average Bonchev–Trinajstić information content (AvgIpc) is 3.09. The number of rotatable bonds is 8. The molecule has 0 spiro atoms. The molecule has 0 radical (unpaired) electrons. The van der Waals surface area contributed by atoms with Crippen molar-refractivity contribution in [2.75, 3.05) is 45.3 Å². The smallest absolute Gasteiger partial charge is 0.406 e. The Morgan fingerprint density at radius 3 is 2.74 bits per heavy atom.